The third-order valence-corrected chi connectivity index (χ3v) is 2.60. The Kier molecular flexibility index (Phi) is 8.14. The largest absolute Gasteiger partial charge is 0.480 e. The Labute approximate surface area is 115 Å². The summed E-state index contributed by atoms with van der Waals surface area (Å²) >= 11 is 0. The summed E-state index contributed by atoms with van der Waals surface area (Å²) in [6.07, 6.45) is 0. The van der Waals surface area contributed by atoms with Crippen LogP contribution in [0.15, 0.2) is 0 Å². The van der Waals surface area contributed by atoms with Gasteiger partial charge in [0.1, 0.15) is 6.54 Å². The number of carboxylic acid groups (broad SMARTS) is 1. The van der Waals surface area contributed by atoms with Crippen molar-refractivity contribution in [1.29, 1.82) is 0 Å². The van der Waals surface area contributed by atoms with Crippen molar-refractivity contribution in [3.63, 3.8) is 0 Å². The van der Waals surface area contributed by atoms with Crippen molar-refractivity contribution in [3.8, 4) is 0 Å². The van der Waals surface area contributed by atoms with E-state index in [0.29, 0.717) is 25.6 Å². The number of rotatable bonds is 8. The Balaban J connectivity index is 4.83. The van der Waals surface area contributed by atoms with Gasteiger partial charge in [-0.25, -0.2) is 4.79 Å². The predicted molar refractivity (Wildman–Crippen MR) is 73.2 cm³/mol. The molecule has 0 spiro atoms. The standard InChI is InChI=1S/C13H26N2O4/c1-10(2)8-14(6-7-19-5)13(18)15(11(3)4)9-12(16)17/h10-11H,6-9H2,1-5H3,(H,16,17). The van der Waals surface area contributed by atoms with Gasteiger partial charge in [0.15, 0.2) is 0 Å². The lowest BCUT2D eigenvalue weighted by Gasteiger charge is -2.33. The highest BCUT2D eigenvalue weighted by molar-refractivity contribution is 5.80. The lowest BCUT2D eigenvalue weighted by Crippen LogP contribution is -2.50. The summed E-state index contributed by atoms with van der Waals surface area (Å²) in [7, 11) is 1.58. The number of carbonyl (C=O) groups excluding carboxylic acids is 1. The van der Waals surface area contributed by atoms with E-state index in [2.05, 4.69) is 0 Å². The Morgan fingerprint density at radius 1 is 1.21 bits per heavy atom. The van der Waals surface area contributed by atoms with E-state index in [0.717, 1.165) is 0 Å². The monoisotopic (exact) mass is 274 g/mol. The highest BCUT2D eigenvalue weighted by Crippen LogP contribution is 2.07. The van der Waals surface area contributed by atoms with Gasteiger partial charge < -0.3 is 19.6 Å². The number of ether oxygens (including phenoxy) is 1. The second-order valence-corrected chi connectivity index (χ2v) is 5.23. The summed E-state index contributed by atoms with van der Waals surface area (Å²) in [5.41, 5.74) is 0. The van der Waals surface area contributed by atoms with E-state index in [1.165, 1.54) is 4.90 Å². The van der Waals surface area contributed by atoms with Crippen molar-refractivity contribution < 1.29 is 19.4 Å². The zero-order valence-corrected chi connectivity index (χ0v) is 12.5. The molecule has 0 unspecified atom stereocenters. The van der Waals surface area contributed by atoms with Gasteiger partial charge in [0.2, 0.25) is 0 Å². The minimum absolute atomic E-state index is 0.152. The zero-order valence-electron chi connectivity index (χ0n) is 12.5. The van der Waals surface area contributed by atoms with Gasteiger partial charge in [-0.05, 0) is 19.8 Å². The van der Waals surface area contributed by atoms with Crippen molar-refractivity contribution in [1.82, 2.24) is 9.80 Å². The third kappa shape index (κ3) is 7.00. The molecule has 2 amide bonds. The molecular weight excluding hydrogens is 248 g/mol. The van der Waals surface area contributed by atoms with E-state index in [9.17, 15) is 9.59 Å². The molecule has 0 fully saturated rings. The van der Waals surface area contributed by atoms with Crippen LogP contribution in [0, 0.1) is 5.92 Å². The summed E-state index contributed by atoms with van der Waals surface area (Å²) in [6, 6.07) is -0.399. The average molecular weight is 274 g/mol. The molecule has 0 rings (SSSR count). The molecule has 0 atom stereocenters. The molecule has 6 nitrogen and oxygen atoms in total. The fourth-order valence-electron chi connectivity index (χ4n) is 1.71. The Morgan fingerprint density at radius 3 is 2.16 bits per heavy atom. The van der Waals surface area contributed by atoms with Crippen LogP contribution in [0.3, 0.4) is 0 Å². The normalized spacial score (nSPS) is 10.9. The first-order valence-corrected chi connectivity index (χ1v) is 6.55. The number of urea groups is 1. The number of methoxy groups -OCH3 is 1. The molecule has 0 aliphatic rings. The van der Waals surface area contributed by atoms with Crippen LogP contribution in [0.2, 0.25) is 0 Å². The maximum atomic E-state index is 12.4. The molecule has 0 saturated carbocycles. The molecule has 0 heterocycles. The molecule has 0 aromatic carbocycles. The van der Waals surface area contributed by atoms with Crippen molar-refractivity contribution in [2.24, 2.45) is 5.92 Å². The molecule has 0 aromatic rings. The fraction of sp³-hybridized carbons (Fsp3) is 0.846. The molecule has 0 aromatic heterocycles. The van der Waals surface area contributed by atoms with E-state index < -0.39 is 5.97 Å². The van der Waals surface area contributed by atoms with Crippen LogP contribution in [0.4, 0.5) is 4.79 Å². The molecule has 112 valence electrons. The van der Waals surface area contributed by atoms with Crippen LogP contribution in [-0.2, 0) is 9.53 Å². The minimum atomic E-state index is -1.00. The summed E-state index contributed by atoms with van der Waals surface area (Å²) in [5, 5.41) is 8.88. The molecular formula is C13H26N2O4. The third-order valence-electron chi connectivity index (χ3n) is 2.60. The van der Waals surface area contributed by atoms with Crippen LogP contribution in [-0.4, -0.2) is 66.3 Å². The van der Waals surface area contributed by atoms with Crippen LogP contribution in [0.5, 0.6) is 0 Å². The van der Waals surface area contributed by atoms with E-state index in [4.69, 9.17) is 9.84 Å². The van der Waals surface area contributed by atoms with Gasteiger partial charge in [0, 0.05) is 26.2 Å². The van der Waals surface area contributed by atoms with Crippen LogP contribution in [0.1, 0.15) is 27.7 Å². The second-order valence-electron chi connectivity index (χ2n) is 5.23. The molecule has 0 bridgehead atoms. The van der Waals surface area contributed by atoms with Gasteiger partial charge in [0.25, 0.3) is 0 Å². The number of carboxylic acids is 1. The van der Waals surface area contributed by atoms with E-state index in [1.807, 2.05) is 27.7 Å². The van der Waals surface area contributed by atoms with Gasteiger partial charge in [-0.2, -0.15) is 0 Å². The SMILES string of the molecule is COCCN(CC(C)C)C(=O)N(CC(=O)O)C(C)C. The van der Waals surface area contributed by atoms with Crippen molar-refractivity contribution in [3.05, 3.63) is 0 Å². The average Bonchev–Trinajstić information content (AvgIpc) is 2.29. The Bertz CT molecular complexity index is 292. The maximum absolute atomic E-state index is 12.4. The number of hydrogen-bond acceptors (Lipinski definition) is 3. The van der Waals surface area contributed by atoms with Crippen LogP contribution >= 0.6 is 0 Å². The quantitative estimate of drug-likeness (QED) is 0.728. The Morgan fingerprint density at radius 2 is 1.79 bits per heavy atom. The van der Waals surface area contributed by atoms with E-state index in [-0.39, 0.29) is 18.6 Å². The molecule has 6 heteroatoms. The molecule has 0 aliphatic carbocycles. The first-order chi connectivity index (χ1) is 8.79. The number of carbonyl (C=O) groups is 2. The highest BCUT2D eigenvalue weighted by atomic mass is 16.5. The number of amides is 2. The van der Waals surface area contributed by atoms with Crippen molar-refractivity contribution in [2.75, 3.05) is 33.4 Å². The molecule has 0 saturated heterocycles. The molecule has 1 N–H and O–H groups in total. The molecule has 0 radical (unpaired) electrons. The van der Waals surface area contributed by atoms with Crippen molar-refractivity contribution in [2.45, 2.75) is 33.7 Å². The van der Waals surface area contributed by atoms with Gasteiger partial charge in [-0.3, -0.25) is 4.79 Å². The van der Waals surface area contributed by atoms with Gasteiger partial charge >= 0.3 is 12.0 Å². The van der Waals surface area contributed by atoms with Gasteiger partial charge in [0.05, 0.1) is 6.61 Å². The van der Waals surface area contributed by atoms with Crippen LogP contribution < -0.4 is 0 Å². The smallest absolute Gasteiger partial charge is 0.323 e. The second kappa shape index (κ2) is 8.74. The highest BCUT2D eigenvalue weighted by Gasteiger charge is 2.25. The summed E-state index contributed by atoms with van der Waals surface area (Å²) in [5.74, 6) is -0.682. The van der Waals surface area contributed by atoms with Crippen LogP contribution in [0.25, 0.3) is 0 Å². The fourth-order valence-corrected chi connectivity index (χ4v) is 1.71. The van der Waals surface area contributed by atoms with Gasteiger partial charge in [-0.1, -0.05) is 13.8 Å². The van der Waals surface area contributed by atoms with Gasteiger partial charge in [-0.15, -0.1) is 0 Å². The molecule has 0 aliphatic heterocycles. The topological polar surface area (TPSA) is 70.1 Å². The Hall–Kier alpha value is -1.30. The lowest BCUT2D eigenvalue weighted by molar-refractivity contribution is -0.138. The lowest BCUT2D eigenvalue weighted by atomic mass is 10.2. The van der Waals surface area contributed by atoms with E-state index in [1.54, 1.807) is 12.0 Å². The maximum Gasteiger partial charge on any atom is 0.323 e. The minimum Gasteiger partial charge on any atom is -0.480 e. The summed E-state index contributed by atoms with van der Waals surface area (Å²) in [4.78, 5) is 26.2. The summed E-state index contributed by atoms with van der Waals surface area (Å²) in [6.45, 7) is 8.88. The van der Waals surface area contributed by atoms with Crippen molar-refractivity contribution >= 4 is 12.0 Å². The number of nitrogens with zero attached hydrogens (tertiary/aromatic N) is 2. The molecule has 19 heavy (non-hydrogen) atoms. The summed E-state index contributed by atoms with van der Waals surface area (Å²) < 4.78 is 5.00. The first-order valence-electron chi connectivity index (χ1n) is 6.55. The van der Waals surface area contributed by atoms with E-state index >= 15 is 0 Å². The number of aliphatic carboxylic acids is 1. The number of hydrogen-bond donors (Lipinski definition) is 1. The predicted octanol–water partition coefficient (Wildman–Crippen LogP) is 1.51. The first kappa shape index (κ1) is 17.7. The zero-order chi connectivity index (χ0) is 15.0.